The van der Waals surface area contributed by atoms with Gasteiger partial charge in [0.1, 0.15) is 5.60 Å². The number of esters is 1. The first kappa shape index (κ1) is 16.5. The highest BCUT2D eigenvalue weighted by molar-refractivity contribution is 5.76. The third kappa shape index (κ3) is 4.22. The van der Waals surface area contributed by atoms with Crippen LogP contribution in [-0.4, -0.2) is 11.6 Å². The lowest BCUT2D eigenvalue weighted by Crippen LogP contribution is -2.41. The van der Waals surface area contributed by atoms with E-state index in [9.17, 15) is 4.79 Å². The fraction of sp³-hybridized carbons (Fsp3) is 0.941. The highest BCUT2D eigenvalue weighted by Crippen LogP contribution is 2.43. The summed E-state index contributed by atoms with van der Waals surface area (Å²) >= 11 is 0. The van der Waals surface area contributed by atoms with E-state index in [0.29, 0.717) is 5.41 Å². The van der Waals surface area contributed by atoms with Crippen molar-refractivity contribution in [2.75, 3.05) is 0 Å². The molecule has 0 aromatic rings. The zero-order valence-corrected chi connectivity index (χ0v) is 13.9. The molecule has 0 amide bonds. The van der Waals surface area contributed by atoms with Gasteiger partial charge in [0.15, 0.2) is 0 Å². The number of ether oxygens (including phenoxy) is 1. The van der Waals surface area contributed by atoms with Gasteiger partial charge in [0.25, 0.3) is 0 Å². The molecule has 0 aromatic heterocycles. The molecule has 0 N–H and O–H groups in total. The molecule has 112 valence electrons. The molecule has 0 atom stereocenters. The fourth-order valence-corrected chi connectivity index (χ4v) is 2.70. The molecule has 1 fully saturated rings. The molecule has 0 bridgehead atoms. The summed E-state index contributed by atoms with van der Waals surface area (Å²) in [5, 5.41) is 0. The van der Waals surface area contributed by atoms with Crippen LogP contribution in [0.25, 0.3) is 0 Å². The Hall–Kier alpha value is -0.530. The molecule has 0 unspecified atom stereocenters. The first-order chi connectivity index (χ1) is 8.50. The van der Waals surface area contributed by atoms with E-state index in [4.69, 9.17) is 4.74 Å². The SMILES string of the molecule is CCC(C)(C)C(=O)OC1(C)CCC(C(C)(C)C)CC1. The standard InChI is InChI=1S/C17H32O2/c1-8-16(5,6)14(18)19-17(7)11-9-13(10-12-17)15(2,3)4/h13H,8-12H2,1-7H3. The number of carbonyl (C=O) groups is 1. The van der Waals surface area contributed by atoms with Crippen LogP contribution in [0.2, 0.25) is 0 Å². The maximum Gasteiger partial charge on any atom is 0.312 e. The van der Waals surface area contributed by atoms with Crippen LogP contribution in [0.15, 0.2) is 0 Å². The molecule has 0 saturated heterocycles. The van der Waals surface area contributed by atoms with Gasteiger partial charge in [0, 0.05) is 0 Å². The lowest BCUT2D eigenvalue weighted by molar-refractivity contribution is -0.173. The Morgan fingerprint density at radius 2 is 1.63 bits per heavy atom. The molecule has 1 rings (SSSR count). The second kappa shape index (κ2) is 5.46. The molecule has 19 heavy (non-hydrogen) atoms. The molecule has 0 heterocycles. The van der Waals surface area contributed by atoms with Crippen LogP contribution in [0, 0.1) is 16.7 Å². The Balaban J connectivity index is 2.60. The topological polar surface area (TPSA) is 26.3 Å². The van der Waals surface area contributed by atoms with Crippen molar-refractivity contribution < 1.29 is 9.53 Å². The van der Waals surface area contributed by atoms with Crippen molar-refractivity contribution in [1.82, 2.24) is 0 Å². The molecular weight excluding hydrogens is 236 g/mol. The van der Waals surface area contributed by atoms with Crippen LogP contribution < -0.4 is 0 Å². The second-order valence-corrected chi connectivity index (χ2v) is 8.22. The van der Waals surface area contributed by atoms with Gasteiger partial charge in [0.05, 0.1) is 5.41 Å². The molecule has 0 spiro atoms. The number of hydrogen-bond donors (Lipinski definition) is 0. The number of hydrogen-bond acceptors (Lipinski definition) is 2. The maximum atomic E-state index is 12.2. The van der Waals surface area contributed by atoms with Crippen LogP contribution in [0.4, 0.5) is 0 Å². The lowest BCUT2D eigenvalue weighted by Gasteiger charge is -2.42. The first-order valence-electron chi connectivity index (χ1n) is 7.74. The van der Waals surface area contributed by atoms with Gasteiger partial charge in [0.2, 0.25) is 0 Å². The van der Waals surface area contributed by atoms with Crippen LogP contribution >= 0.6 is 0 Å². The van der Waals surface area contributed by atoms with Crippen molar-refractivity contribution >= 4 is 5.97 Å². The van der Waals surface area contributed by atoms with Crippen molar-refractivity contribution in [3.63, 3.8) is 0 Å². The van der Waals surface area contributed by atoms with Gasteiger partial charge in [-0.1, -0.05) is 27.7 Å². The van der Waals surface area contributed by atoms with Crippen molar-refractivity contribution in [3.8, 4) is 0 Å². The lowest BCUT2D eigenvalue weighted by atomic mass is 9.69. The minimum absolute atomic E-state index is 0.0355. The third-order valence-electron chi connectivity index (χ3n) is 5.04. The van der Waals surface area contributed by atoms with E-state index >= 15 is 0 Å². The molecule has 0 aromatic carbocycles. The predicted octanol–water partition coefficient (Wildman–Crippen LogP) is 4.96. The van der Waals surface area contributed by atoms with Gasteiger partial charge in [-0.25, -0.2) is 0 Å². The van der Waals surface area contributed by atoms with Crippen LogP contribution in [0.1, 0.15) is 80.6 Å². The minimum atomic E-state index is -0.357. The van der Waals surface area contributed by atoms with Crippen LogP contribution in [-0.2, 0) is 9.53 Å². The Morgan fingerprint density at radius 3 is 2.00 bits per heavy atom. The normalized spacial score (nSPS) is 29.1. The number of rotatable bonds is 3. The Morgan fingerprint density at radius 1 is 1.16 bits per heavy atom. The molecular formula is C17H32O2. The van der Waals surface area contributed by atoms with Gasteiger partial charge < -0.3 is 4.74 Å². The molecule has 2 heteroatoms. The second-order valence-electron chi connectivity index (χ2n) is 8.22. The molecule has 1 aliphatic rings. The van der Waals surface area contributed by atoms with Gasteiger partial charge >= 0.3 is 5.97 Å². The smallest absolute Gasteiger partial charge is 0.312 e. The summed E-state index contributed by atoms with van der Waals surface area (Å²) < 4.78 is 5.86. The van der Waals surface area contributed by atoms with Gasteiger partial charge in [-0.15, -0.1) is 0 Å². The van der Waals surface area contributed by atoms with Crippen molar-refractivity contribution in [1.29, 1.82) is 0 Å². The highest BCUT2D eigenvalue weighted by atomic mass is 16.6. The van der Waals surface area contributed by atoms with E-state index in [2.05, 4.69) is 27.7 Å². The average molecular weight is 268 g/mol. The monoisotopic (exact) mass is 268 g/mol. The fourth-order valence-electron chi connectivity index (χ4n) is 2.70. The summed E-state index contributed by atoms with van der Waals surface area (Å²) in [5.41, 5.74) is -0.233. The average Bonchev–Trinajstić information content (AvgIpc) is 2.27. The van der Waals surface area contributed by atoms with Crippen molar-refractivity contribution in [2.24, 2.45) is 16.7 Å². The zero-order valence-electron chi connectivity index (χ0n) is 13.9. The maximum absolute atomic E-state index is 12.2. The van der Waals surface area contributed by atoms with Gasteiger partial charge in [-0.05, 0) is 64.2 Å². The van der Waals surface area contributed by atoms with E-state index < -0.39 is 0 Å². The zero-order chi connectivity index (χ0) is 14.9. The third-order valence-corrected chi connectivity index (χ3v) is 5.04. The largest absolute Gasteiger partial charge is 0.459 e. The summed E-state index contributed by atoms with van der Waals surface area (Å²) in [6, 6.07) is 0. The Bertz CT molecular complexity index is 315. The van der Waals surface area contributed by atoms with E-state index in [1.165, 1.54) is 12.8 Å². The van der Waals surface area contributed by atoms with Crippen LogP contribution in [0.3, 0.4) is 0 Å². The Labute approximate surface area is 119 Å². The quantitative estimate of drug-likeness (QED) is 0.676. The number of carbonyl (C=O) groups excluding carboxylic acids is 1. The summed E-state index contributed by atoms with van der Waals surface area (Å²) in [4.78, 5) is 12.2. The molecule has 1 saturated carbocycles. The molecule has 0 aliphatic heterocycles. The molecule has 2 nitrogen and oxygen atoms in total. The van der Waals surface area contributed by atoms with E-state index in [0.717, 1.165) is 25.2 Å². The predicted molar refractivity (Wildman–Crippen MR) is 80.0 cm³/mol. The van der Waals surface area contributed by atoms with Crippen molar-refractivity contribution in [2.45, 2.75) is 86.2 Å². The highest BCUT2D eigenvalue weighted by Gasteiger charge is 2.40. The summed E-state index contributed by atoms with van der Waals surface area (Å²) in [6.07, 6.45) is 5.16. The van der Waals surface area contributed by atoms with E-state index in [1.54, 1.807) is 0 Å². The van der Waals surface area contributed by atoms with Crippen molar-refractivity contribution in [3.05, 3.63) is 0 Å². The van der Waals surface area contributed by atoms with Crippen LogP contribution in [0.5, 0.6) is 0 Å². The Kier molecular flexibility index (Phi) is 4.75. The van der Waals surface area contributed by atoms with E-state index in [-0.39, 0.29) is 17.0 Å². The van der Waals surface area contributed by atoms with E-state index in [1.807, 2.05) is 20.8 Å². The van der Waals surface area contributed by atoms with Gasteiger partial charge in [-0.2, -0.15) is 0 Å². The summed E-state index contributed by atoms with van der Waals surface area (Å²) in [7, 11) is 0. The summed E-state index contributed by atoms with van der Waals surface area (Å²) in [6.45, 7) is 15.0. The molecule has 1 aliphatic carbocycles. The minimum Gasteiger partial charge on any atom is -0.459 e. The molecule has 0 radical (unpaired) electrons. The van der Waals surface area contributed by atoms with Gasteiger partial charge in [-0.3, -0.25) is 4.79 Å². The first-order valence-corrected chi connectivity index (χ1v) is 7.74. The summed E-state index contributed by atoms with van der Waals surface area (Å²) in [5.74, 6) is 0.713.